The smallest absolute Gasteiger partial charge is 0.137 e. The van der Waals surface area contributed by atoms with Gasteiger partial charge in [-0.05, 0) is 75.3 Å². The molecule has 0 atom stereocenters. The number of allylic oxidation sites excluding steroid dienone is 1. The Balaban J connectivity index is 1.29. The lowest BCUT2D eigenvalue weighted by Crippen LogP contribution is -2.11. The Morgan fingerprint density at radius 1 is 0.479 bits per heavy atom. The molecule has 48 heavy (non-hydrogen) atoms. The van der Waals surface area contributed by atoms with Crippen molar-refractivity contribution in [1.82, 2.24) is 0 Å². The molecule has 0 aliphatic heterocycles. The van der Waals surface area contributed by atoms with Gasteiger partial charge in [-0.2, -0.15) is 0 Å². The van der Waals surface area contributed by atoms with Crippen LogP contribution in [-0.2, 0) is 6.42 Å². The van der Waals surface area contributed by atoms with Gasteiger partial charge in [-0.3, -0.25) is 0 Å². The van der Waals surface area contributed by atoms with Crippen LogP contribution in [0.15, 0.2) is 174 Å². The normalized spacial score (nSPS) is 12.3. The Kier molecular flexibility index (Phi) is 6.98. The van der Waals surface area contributed by atoms with E-state index in [4.69, 9.17) is 4.42 Å². The van der Waals surface area contributed by atoms with Gasteiger partial charge in [0.15, 0.2) is 0 Å². The average molecular weight is 616 g/mol. The Morgan fingerprint density at radius 2 is 1.06 bits per heavy atom. The highest BCUT2D eigenvalue weighted by molar-refractivity contribution is 6.06. The first-order valence-electron chi connectivity index (χ1n) is 16.7. The summed E-state index contributed by atoms with van der Waals surface area (Å²) in [5.74, 6) is 1.07. The molecule has 0 amide bonds. The average Bonchev–Trinajstić information content (AvgIpc) is 3.53. The van der Waals surface area contributed by atoms with Crippen molar-refractivity contribution in [1.29, 1.82) is 0 Å². The van der Waals surface area contributed by atoms with Gasteiger partial charge in [0.1, 0.15) is 11.3 Å². The van der Waals surface area contributed by atoms with Crippen molar-refractivity contribution in [2.75, 3.05) is 4.90 Å². The number of furan rings is 1. The number of benzene rings is 7. The van der Waals surface area contributed by atoms with Crippen LogP contribution in [0.4, 0.5) is 17.1 Å². The zero-order valence-electron chi connectivity index (χ0n) is 26.5. The van der Waals surface area contributed by atoms with Crippen LogP contribution in [0.5, 0.6) is 0 Å². The SMILES string of the molecule is C1=Cc2c(oc3cc(N(c4ccc(-c5ccccc5)cc4)c4ccc(-c5ccccc5)cc4)c(-c4cccc5ccccc45)cc23)CC1. The van der Waals surface area contributed by atoms with E-state index in [9.17, 15) is 0 Å². The zero-order valence-corrected chi connectivity index (χ0v) is 26.5. The molecule has 7 aromatic carbocycles. The molecule has 2 heteroatoms. The van der Waals surface area contributed by atoms with Gasteiger partial charge < -0.3 is 9.32 Å². The molecule has 1 aromatic heterocycles. The van der Waals surface area contributed by atoms with Crippen LogP contribution in [0, 0.1) is 0 Å². The minimum Gasteiger partial charge on any atom is -0.460 e. The second kappa shape index (κ2) is 11.9. The van der Waals surface area contributed by atoms with Crippen molar-refractivity contribution in [2.45, 2.75) is 12.8 Å². The molecular formula is C46H33NO. The third-order valence-electron chi connectivity index (χ3n) is 9.53. The zero-order chi connectivity index (χ0) is 31.9. The standard InChI is InChI=1S/C46H33NO/c1-3-12-32(13-4-1)34-22-26-37(27-23-34)47(38-28-24-35(25-29-38)33-14-5-2-6-15-33)44-31-46-43(41-19-9-10-21-45(41)48-46)30-42(44)40-20-11-17-36-16-7-8-18-39(36)40/h1-9,11-20,22-31H,10,21H2. The molecule has 8 aromatic rings. The fourth-order valence-corrected chi connectivity index (χ4v) is 7.14. The maximum absolute atomic E-state index is 6.61. The van der Waals surface area contributed by atoms with Crippen LogP contribution in [0.2, 0.25) is 0 Å². The van der Waals surface area contributed by atoms with E-state index < -0.39 is 0 Å². The van der Waals surface area contributed by atoms with Crippen molar-refractivity contribution in [3.8, 4) is 33.4 Å². The van der Waals surface area contributed by atoms with Crippen molar-refractivity contribution in [3.05, 3.63) is 181 Å². The molecule has 2 nitrogen and oxygen atoms in total. The summed E-state index contributed by atoms with van der Waals surface area (Å²) in [4.78, 5) is 2.39. The third-order valence-corrected chi connectivity index (χ3v) is 9.53. The molecule has 0 N–H and O–H groups in total. The molecular weight excluding hydrogens is 583 g/mol. The van der Waals surface area contributed by atoms with Gasteiger partial charge in [0.05, 0.1) is 5.69 Å². The molecule has 1 aliphatic carbocycles. The van der Waals surface area contributed by atoms with Gasteiger partial charge in [-0.25, -0.2) is 0 Å². The fraction of sp³-hybridized carbons (Fsp3) is 0.0435. The maximum atomic E-state index is 6.61. The van der Waals surface area contributed by atoms with Crippen LogP contribution in [0.25, 0.3) is 61.2 Å². The maximum Gasteiger partial charge on any atom is 0.137 e. The molecule has 0 saturated heterocycles. The highest BCUT2D eigenvalue weighted by Gasteiger charge is 2.23. The molecule has 0 fully saturated rings. The quantitative estimate of drug-likeness (QED) is 0.185. The van der Waals surface area contributed by atoms with Gasteiger partial charge in [0, 0.05) is 40.4 Å². The molecule has 0 bridgehead atoms. The Labute approximate surface area is 280 Å². The summed E-state index contributed by atoms with van der Waals surface area (Å²) in [6.07, 6.45) is 6.42. The van der Waals surface area contributed by atoms with E-state index in [1.165, 1.54) is 49.7 Å². The van der Waals surface area contributed by atoms with Gasteiger partial charge in [0.25, 0.3) is 0 Å². The van der Waals surface area contributed by atoms with Crippen LogP contribution in [0.1, 0.15) is 17.7 Å². The predicted molar refractivity (Wildman–Crippen MR) is 202 cm³/mol. The third kappa shape index (κ3) is 4.99. The van der Waals surface area contributed by atoms with Crippen LogP contribution in [-0.4, -0.2) is 0 Å². The van der Waals surface area contributed by atoms with Crippen LogP contribution >= 0.6 is 0 Å². The number of aryl methyl sites for hydroxylation is 1. The molecule has 9 rings (SSSR count). The topological polar surface area (TPSA) is 16.4 Å². The summed E-state index contributed by atoms with van der Waals surface area (Å²) < 4.78 is 6.61. The van der Waals surface area contributed by atoms with Gasteiger partial charge in [-0.15, -0.1) is 0 Å². The highest BCUT2D eigenvalue weighted by Crippen LogP contribution is 2.47. The van der Waals surface area contributed by atoms with Crippen molar-refractivity contribution < 1.29 is 4.42 Å². The van der Waals surface area contributed by atoms with E-state index >= 15 is 0 Å². The Hall–Kier alpha value is -6.12. The van der Waals surface area contributed by atoms with Crippen molar-refractivity contribution in [2.24, 2.45) is 0 Å². The predicted octanol–water partition coefficient (Wildman–Crippen LogP) is 13.0. The monoisotopic (exact) mass is 615 g/mol. The summed E-state index contributed by atoms with van der Waals surface area (Å²) >= 11 is 0. The largest absolute Gasteiger partial charge is 0.460 e. The lowest BCUT2D eigenvalue weighted by Gasteiger charge is -2.28. The van der Waals surface area contributed by atoms with E-state index in [1.807, 2.05) is 0 Å². The van der Waals surface area contributed by atoms with E-state index in [-0.39, 0.29) is 0 Å². The molecule has 0 unspecified atom stereocenters. The summed E-state index contributed by atoms with van der Waals surface area (Å²) in [6.45, 7) is 0. The van der Waals surface area contributed by atoms with Crippen LogP contribution in [0.3, 0.4) is 0 Å². The molecule has 228 valence electrons. The lowest BCUT2D eigenvalue weighted by atomic mass is 9.93. The number of hydrogen-bond acceptors (Lipinski definition) is 2. The summed E-state index contributed by atoms with van der Waals surface area (Å²) in [6, 6.07) is 58.9. The second-order valence-electron chi connectivity index (χ2n) is 12.4. The molecule has 1 aliphatic rings. The summed E-state index contributed by atoms with van der Waals surface area (Å²) in [5.41, 5.74) is 12.5. The first-order chi connectivity index (χ1) is 23.8. The number of hydrogen-bond donors (Lipinski definition) is 0. The highest BCUT2D eigenvalue weighted by atomic mass is 16.3. The first kappa shape index (κ1) is 28.1. The summed E-state index contributed by atoms with van der Waals surface area (Å²) in [5, 5.41) is 3.61. The van der Waals surface area contributed by atoms with E-state index in [1.54, 1.807) is 0 Å². The van der Waals surface area contributed by atoms with Crippen molar-refractivity contribution >= 4 is 44.9 Å². The van der Waals surface area contributed by atoms with Gasteiger partial charge >= 0.3 is 0 Å². The minimum absolute atomic E-state index is 0.914. The molecule has 0 spiro atoms. The lowest BCUT2D eigenvalue weighted by molar-refractivity contribution is 0.546. The first-order valence-corrected chi connectivity index (χ1v) is 16.7. The van der Waals surface area contributed by atoms with E-state index in [0.29, 0.717) is 0 Å². The van der Waals surface area contributed by atoms with E-state index in [0.717, 1.165) is 46.6 Å². The number of anilines is 3. The number of nitrogens with zero attached hydrogens (tertiary/aromatic N) is 1. The molecule has 1 heterocycles. The Morgan fingerprint density at radius 3 is 1.73 bits per heavy atom. The van der Waals surface area contributed by atoms with Gasteiger partial charge in [0.2, 0.25) is 0 Å². The Bertz CT molecular complexity index is 2330. The van der Waals surface area contributed by atoms with Crippen LogP contribution < -0.4 is 4.90 Å². The fourth-order valence-electron chi connectivity index (χ4n) is 7.14. The minimum atomic E-state index is 0.914. The second-order valence-corrected chi connectivity index (χ2v) is 12.4. The number of fused-ring (bicyclic) bond motifs is 4. The van der Waals surface area contributed by atoms with E-state index in [2.05, 4.69) is 181 Å². The summed E-state index contributed by atoms with van der Waals surface area (Å²) in [7, 11) is 0. The molecule has 0 saturated carbocycles. The molecule has 0 radical (unpaired) electrons. The van der Waals surface area contributed by atoms with Gasteiger partial charge in [-0.1, -0.05) is 140 Å². The van der Waals surface area contributed by atoms with Crippen molar-refractivity contribution in [3.63, 3.8) is 0 Å². The number of rotatable bonds is 6.